The van der Waals surface area contributed by atoms with Crippen molar-refractivity contribution in [2.24, 2.45) is 0 Å². The Morgan fingerprint density at radius 3 is 2.27 bits per heavy atom. The van der Waals surface area contributed by atoms with Gasteiger partial charge in [-0.2, -0.15) is 0 Å². The van der Waals surface area contributed by atoms with Crippen LogP contribution in [0.4, 0.5) is 0 Å². The molecule has 1 heterocycles. The van der Waals surface area contributed by atoms with E-state index in [0.717, 1.165) is 0 Å². The van der Waals surface area contributed by atoms with Gasteiger partial charge in [0.15, 0.2) is 6.10 Å². The molecule has 0 spiro atoms. The number of carbonyl (C=O) groups is 2. The summed E-state index contributed by atoms with van der Waals surface area (Å²) in [6.45, 7) is 1.73. The molecule has 132 valence electrons. The lowest BCUT2D eigenvalue weighted by molar-refractivity contribution is 0.0286. The first kappa shape index (κ1) is 17.5. The van der Waals surface area contributed by atoms with Gasteiger partial charge in [-0.3, -0.25) is 4.79 Å². The van der Waals surface area contributed by atoms with Gasteiger partial charge in [0, 0.05) is 5.56 Å². The molecular weight excluding hydrogens is 332 g/mol. The summed E-state index contributed by atoms with van der Waals surface area (Å²) in [5, 5.41) is 0. The Bertz CT molecular complexity index is 868. The highest BCUT2D eigenvalue weighted by Crippen LogP contribution is 2.15. The van der Waals surface area contributed by atoms with Crippen LogP contribution in [0.2, 0.25) is 0 Å². The second-order valence-electron chi connectivity index (χ2n) is 5.65. The SMILES string of the molecule is CC(OC(=O)c1ccc(COc2ccccc2)o1)C(=O)c1ccccc1. The largest absolute Gasteiger partial charge is 0.486 e. The highest BCUT2D eigenvalue weighted by atomic mass is 16.6. The Labute approximate surface area is 151 Å². The molecule has 5 nitrogen and oxygen atoms in total. The van der Waals surface area contributed by atoms with Crippen molar-refractivity contribution in [1.29, 1.82) is 0 Å². The fourth-order valence-corrected chi connectivity index (χ4v) is 2.35. The number of carbonyl (C=O) groups excluding carboxylic acids is 2. The van der Waals surface area contributed by atoms with Crippen LogP contribution < -0.4 is 4.74 Å². The normalized spacial score (nSPS) is 11.6. The van der Waals surface area contributed by atoms with Crippen molar-refractivity contribution < 1.29 is 23.5 Å². The molecule has 0 bridgehead atoms. The van der Waals surface area contributed by atoms with Gasteiger partial charge in [0.1, 0.15) is 18.1 Å². The van der Waals surface area contributed by atoms with E-state index < -0.39 is 12.1 Å². The van der Waals surface area contributed by atoms with E-state index in [-0.39, 0.29) is 18.2 Å². The van der Waals surface area contributed by atoms with E-state index in [0.29, 0.717) is 17.1 Å². The van der Waals surface area contributed by atoms with Crippen molar-refractivity contribution in [2.45, 2.75) is 19.6 Å². The van der Waals surface area contributed by atoms with Crippen LogP contribution in [-0.2, 0) is 11.3 Å². The third-order valence-electron chi connectivity index (χ3n) is 3.70. The van der Waals surface area contributed by atoms with Crippen molar-refractivity contribution in [1.82, 2.24) is 0 Å². The van der Waals surface area contributed by atoms with E-state index in [1.54, 1.807) is 30.3 Å². The summed E-state index contributed by atoms with van der Waals surface area (Å²) in [5.41, 5.74) is 0.490. The van der Waals surface area contributed by atoms with Crippen molar-refractivity contribution >= 4 is 11.8 Å². The Balaban J connectivity index is 1.56. The number of hydrogen-bond donors (Lipinski definition) is 0. The maximum Gasteiger partial charge on any atom is 0.374 e. The Hall–Kier alpha value is -3.34. The minimum absolute atomic E-state index is 0.0318. The van der Waals surface area contributed by atoms with Gasteiger partial charge in [-0.15, -0.1) is 0 Å². The Morgan fingerprint density at radius 2 is 1.58 bits per heavy atom. The van der Waals surface area contributed by atoms with Crippen molar-refractivity contribution in [2.75, 3.05) is 0 Å². The third kappa shape index (κ3) is 4.39. The molecule has 0 amide bonds. The molecule has 1 atom stereocenters. The third-order valence-corrected chi connectivity index (χ3v) is 3.70. The van der Waals surface area contributed by atoms with E-state index in [2.05, 4.69) is 0 Å². The maximum absolute atomic E-state index is 12.2. The molecule has 0 saturated carbocycles. The van der Waals surface area contributed by atoms with E-state index >= 15 is 0 Å². The second kappa shape index (κ2) is 8.16. The topological polar surface area (TPSA) is 65.7 Å². The summed E-state index contributed by atoms with van der Waals surface area (Å²) in [7, 11) is 0. The number of Topliss-reactive ketones (excluding diaryl/α,β-unsaturated/α-hetero) is 1. The summed E-state index contributed by atoms with van der Waals surface area (Å²) in [6.07, 6.45) is -0.904. The standard InChI is InChI=1S/C21H18O5/c1-15(20(22)16-8-4-2-5-9-16)25-21(23)19-13-12-18(26-19)14-24-17-10-6-3-7-11-17/h2-13,15H,14H2,1H3. The average Bonchev–Trinajstić information content (AvgIpc) is 3.16. The molecular formula is C21H18O5. The summed E-state index contributed by atoms with van der Waals surface area (Å²) in [5.74, 6) is 0.271. The molecule has 5 heteroatoms. The van der Waals surface area contributed by atoms with Gasteiger partial charge in [0.25, 0.3) is 0 Å². The molecule has 26 heavy (non-hydrogen) atoms. The van der Waals surface area contributed by atoms with Gasteiger partial charge in [0.05, 0.1) is 0 Å². The molecule has 3 rings (SSSR count). The number of hydrogen-bond acceptors (Lipinski definition) is 5. The van der Waals surface area contributed by atoms with Crippen LogP contribution in [-0.4, -0.2) is 17.9 Å². The van der Waals surface area contributed by atoms with E-state index in [1.807, 2.05) is 36.4 Å². The van der Waals surface area contributed by atoms with Gasteiger partial charge in [0.2, 0.25) is 11.5 Å². The van der Waals surface area contributed by atoms with E-state index in [9.17, 15) is 9.59 Å². The summed E-state index contributed by atoms with van der Waals surface area (Å²) >= 11 is 0. The monoisotopic (exact) mass is 350 g/mol. The van der Waals surface area contributed by atoms with Crippen molar-refractivity contribution in [3.63, 3.8) is 0 Å². The first-order chi connectivity index (χ1) is 12.6. The summed E-state index contributed by atoms with van der Waals surface area (Å²) in [4.78, 5) is 24.4. The minimum Gasteiger partial charge on any atom is -0.486 e. The molecule has 0 fully saturated rings. The molecule has 1 unspecified atom stereocenters. The fourth-order valence-electron chi connectivity index (χ4n) is 2.35. The van der Waals surface area contributed by atoms with Gasteiger partial charge in [-0.25, -0.2) is 4.79 Å². The van der Waals surface area contributed by atoms with Crippen LogP contribution in [0.15, 0.2) is 77.2 Å². The summed E-state index contributed by atoms with van der Waals surface area (Å²) < 4.78 is 16.2. The molecule has 0 aliphatic rings. The zero-order valence-electron chi connectivity index (χ0n) is 14.3. The van der Waals surface area contributed by atoms with E-state index in [1.165, 1.54) is 13.0 Å². The predicted molar refractivity (Wildman–Crippen MR) is 95.1 cm³/mol. The van der Waals surface area contributed by atoms with Crippen LogP contribution in [0, 0.1) is 0 Å². The van der Waals surface area contributed by atoms with Crippen LogP contribution >= 0.6 is 0 Å². The van der Waals surface area contributed by atoms with Crippen LogP contribution in [0.5, 0.6) is 5.75 Å². The minimum atomic E-state index is -0.904. The molecule has 0 aliphatic heterocycles. The molecule has 1 aromatic heterocycles. The fraction of sp³-hybridized carbons (Fsp3) is 0.143. The Kier molecular flexibility index (Phi) is 5.49. The predicted octanol–water partition coefficient (Wildman–Crippen LogP) is 4.29. The summed E-state index contributed by atoms with van der Waals surface area (Å²) in [6, 6.07) is 21.1. The average molecular weight is 350 g/mol. The van der Waals surface area contributed by atoms with Gasteiger partial charge in [-0.1, -0.05) is 48.5 Å². The zero-order chi connectivity index (χ0) is 18.4. The quantitative estimate of drug-likeness (QED) is 0.470. The smallest absolute Gasteiger partial charge is 0.374 e. The second-order valence-corrected chi connectivity index (χ2v) is 5.65. The lowest BCUT2D eigenvalue weighted by Crippen LogP contribution is -2.24. The van der Waals surface area contributed by atoms with Crippen molar-refractivity contribution in [3.8, 4) is 5.75 Å². The van der Waals surface area contributed by atoms with Crippen LogP contribution in [0.25, 0.3) is 0 Å². The molecule has 0 aliphatic carbocycles. The highest BCUT2D eigenvalue weighted by Gasteiger charge is 2.22. The number of rotatable bonds is 7. The molecule has 0 radical (unpaired) electrons. The van der Waals surface area contributed by atoms with Crippen LogP contribution in [0.3, 0.4) is 0 Å². The number of ketones is 1. The lowest BCUT2D eigenvalue weighted by Gasteiger charge is -2.11. The molecule has 0 saturated heterocycles. The van der Waals surface area contributed by atoms with E-state index in [4.69, 9.17) is 13.9 Å². The lowest BCUT2D eigenvalue weighted by atomic mass is 10.1. The Morgan fingerprint density at radius 1 is 0.923 bits per heavy atom. The number of para-hydroxylation sites is 1. The van der Waals surface area contributed by atoms with Gasteiger partial charge < -0.3 is 13.9 Å². The van der Waals surface area contributed by atoms with Gasteiger partial charge in [-0.05, 0) is 31.2 Å². The highest BCUT2D eigenvalue weighted by molar-refractivity contribution is 6.01. The number of benzene rings is 2. The molecule has 2 aromatic carbocycles. The maximum atomic E-state index is 12.2. The number of ether oxygens (including phenoxy) is 2. The first-order valence-corrected chi connectivity index (χ1v) is 8.20. The van der Waals surface area contributed by atoms with Crippen molar-refractivity contribution in [3.05, 3.63) is 89.9 Å². The van der Waals surface area contributed by atoms with Crippen LogP contribution in [0.1, 0.15) is 33.6 Å². The first-order valence-electron chi connectivity index (χ1n) is 8.20. The number of furan rings is 1. The molecule has 0 N–H and O–H groups in total. The molecule has 3 aromatic rings. The number of esters is 1. The zero-order valence-corrected chi connectivity index (χ0v) is 14.3. The van der Waals surface area contributed by atoms with Gasteiger partial charge >= 0.3 is 5.97 Å².